The number of rotatable bonds is 2. The molecular formula is C16H25N3O2. The molecule has 4 fully saturated rings. The zero-order valence-electron chi connectivity index (χ0n) is 12.7. The third-order valence-corrected chi connectivity index (χ3v) is 6.31. The van der Waals surface area contributed by atoms with Crippen molar-refractivity contribution in [3.8, 4) is 0 Å². The van der Waals surface area contributed by atoms with Gasteiger partial charge in [-0.05, 0) is 49.4 Å². The van der Waals surface area contributed by atoms with Crippen LogP contribution in [0.4, 0.5) is 4.79 Å². The molecule has 0 aromatic rings. The second-order valence-corrected chi connectivity index (χ2v) is 7.51. The molecule has 2 N–H and O–H groups in total. The highest BCUT2D eigenvalue weighted by molar-refractivity contribution is 5.77. The Morgan fingerprint density at radius 3 is 2.52 bits per heavy atom. The monoisotopic (exact) mass is 291 g/mol. The summed E-state index contributed by atoms with van der Waals surface area (Å²) in [5.74, 6) is 3.45. The number of amides is 3. The lowest BCUT2D eigenvalue weighted by Crippen LogP contribution is -2.63. The number of carbonyl (C=O) groups excluding carboxylic acids is 2. The van der Waals surface area contributed by atoms with Gasteiger partial charge in [0.2, 0.25) is 5.91 Å². The molecule has 5 nitrogen and oxygen atoms in total. The molecule has 3 aliphatic carbocycles. The summed E-state index contributed by atoms with van der Waals surface area (Å²) in [6, 6.07) is 0.623. The first-order valence-corrected chi connectivity index (χ1v) is 8.44. The molecular weight excluding hydrogens is 266 g/mol. The maximum atomic E-state index is 12.3. The Morgan fingerprint density at radius 1 is 1.00 bits per heavy atom. The Hall–Kier alpha value is -1.26. The van der Waals surface area contributed by atoms with Gasteiger partial charge < -0.3 is 15.5 Å². The second-order valence-electron chi connectivity index (χ2n) is 7.51. The summed E-state index contributed by atoms with van der Waals surface area (Å²) in [5.41, 5.74) is 0. The van der Waals surface area contributed by atoms with Gasteiger partial charge in [0, 0.05) is 26.1 Å². The Kier molecular flexibility index (Phi) is 3.12. The molecule has 21 heavy (non-hydrogen) atoms. The van der Waals surface area contributed by atoms with E-state index in [0.717, 1.165) is 23.7 Å². The maximum Gasteiger partial charge on any atom is 0.317 e. The number of nitrogens with zero attached hydrogens (tertiary/aromatic N) is 1. The first-order chi connectivity index (χ1) is 10.1. The van der Waals surface area contributed by atoms with Gasteiger partial charge in [0.15, 0.2) is 0 Å². The Morgan fingerprint density at radius 2 is 1.76 bits per heavy atom. The minimum absolute atomic E-state index is 0.0135. The van der Waals surface area contributed by atoms with Crippen LogP contribution in [0, 0.1) is 23.7 Å². The zero-order chi connectivity index (χ0) is 14.6. The van der Waals surface area contributed by atoms with Crippen LogP contribution in [-0.2, 0) is 4.79 Å². The molecule has 0 aromatic heterocycles. The summed E-state index contributed by atoms with van der Waals surface area (Å²) in [6.45, 7) is 2.83. The van der Waals surface area contributed by atoms with Gasteiger partial charge in [-0.25, -0.2) is 4.79 Å². The highest BCUT2D eigenvalue weighted by atomic mass is 16.2. The van der Waals surface area contributed by atoms with E-state index in [1.807, 2.05) is 4.90 Å². The van der Waals surface area contributed by atoms with Crippen LogP contribution in [0.5, 0.6) is 0 Å². The van der Waals surface area contributed by atoms with Crippen molar-refractivity contribution < 1.29 is 9.59 Å². The van der Waals surface area contributed by atoms with Crippen molar-refractivity contribution in [1.29, 1.82) is 0 Å². The van der Waals surface area contributed by atoms with Crippen molar-refractivity contribution in [3.63, 3.8) is 0 Å². The van der Waals surface area contributed by atoms with E-state index in [1.54, 1.807) is 0 Å². The fourth-order valence-corrected chi connectivity index (χ4v) is 5.51. The average molecular weight is 291 g/mol. The highest BCUT2D eigenvalue weighted by Gasteiger charge is 2.54. The molecule has 0 spiro atoms. The van der Waals surface area contributed by atoms with E-state index < -0.39 is 0 Å². The Labute approximate surface area is 125 Å². The zero-order valence-corrected chi connectivity index (χ0v) is 12.7. The maximum absolute atomic E-state index is 12.3. The lowest BCUT2D eigenvalue weighted by atomic mass is 9.79. The van der Waals surface area contributed by atoms with Crippen LogP contribution in [0.2, 0.25) is 0 Å². The predicted molar refractivity (Wildman–Crippen MR) is 78.5 cm³/mol. The molecule has 4 rings (SSSR count). The van der Waals surface area contributed by atoms with Gasteiger partial charge in [-0.3, -0.25) is 4.79 Å². The number of hydrogen-bond donors (Lipinski definition) is 2. The van der Waals surface area contributed by atoms with E-state index in [2.05, 4.69) is 10.6 Å². The van der Waals surface area contributed by atoms with Gasteiger partial charge in [-0.15, -0.1) is 0 Å². The average Bonchev–Trinajstić information content (AvgIpc) is 3.03. The van der Waals surface area contributed by atoms with Crippen LogP contribution >= 0.6 is 0 Å². The number of fused-ring (bicyclic) bond motifs is 5. The summed E-state index contributed by atoms with van der Waals surface area (Å²) >= 11 is 0. The van der Waals surface area contributed by atoms with Crippen molar-refractivity contribution in [1.82, 2.24) is 15.5 Å². The van der Waals surface area contributed by atoms with Crippen LogP contribution in [0.25, 0.3) is 0 Å². The molecule has 3 saturated carbocycles. The lowest BCUT2D eigenvalue weighted by Gasteiger charge is -2.41. The van der Waals surface area contributed by atoms with Crippen molar-refractivity contribution in [2.75, 3.05) is 13.1 Å². The van der Waals surface area contributed by atoms with E-state index in [0.29, 0.717) is 19.1 Å². The molecule has 1 heterocycles. The molecule has 0 aromatic carbocycles. The Bertz CT molecular complexity index is 460. The molecule has 1 saturated heterocycles. The molecule has 1 aliphatic heterocycles. The van der Waals surface area contributed by atoms with Gasteiger partial charge in [0.1, 0.15) is 0 Å². The van der Waals surface area contributed by atoms with Crippen molar-refractivity contribution in [3.05, 3.63) is 0 Å². The van der Waals surface area contributed by atoms with Crippen LogP contribution in [0.15, 0.2) is 0 Å². The first kappa shape index (κ1) is 13.4. The van der Waals surface area contributed by atoms with Crippen LogP contribution in [0.3, 0.4) is 0 Å². The fourth-order valence-electron chi connectivity index (χ4n) is 5.51. The second kappa shape index (κ2) is 4.89. The molecule has 0 radical (unpaired) electrons. The number of likely N-dealkylation sites (tertiary alicyclic amines) is 1. The normalized spacial score (nSPS) is 40.8. The van der Waals surface area contributed by atoms with E-state index in [9.17, 15) is 9.59 Å². The van der Waals surface area contributed by atoms with Crippen LogP contribution in [0.1, 0.15) is 39.0 Å². The molecule has 5 atom stereocenters. The minimum atomic E-state index is -0.0135. The summed E-state index contributed by atoms with van der Waals surface area (Å²) in [6.07, 6.45) is 6.74. The summed E-state index contributed by atoms with van der Waals surface area (Å²) in [4.78, 5) is 25.1. The molecule has 2 bridgehead atoms. The quantitative estimate of drug-likeness (QED) is 0.806. The van der Waals surface area contributed by atoms with E-state index in [1.165, 1.54) is 39.0 Å². The third kappa shape index (κ3) is 2.21. The SMILES string of the molecule is CC(=O)NC1CN(C(=O)NC2CC3CC2C2CCCC32)C1. The standard InChI is InChI=1S/C16H25N3O2/c1-9(20)17-11-7-19(8-11)16(21)18-15-6-10-5-14(15)13-4-2-3-12(10)13/h10-15H,2-8H2,1H3,(H,17,20)(H,18,21). The predicted octanol–water partition coefficient (Wildman–Crippen LogP) is 1.34. The van der Waals surface area contributed by atoms with Crippen molar-refractivity contribution >= 4 is 11.9 Å². The smallest absolute Gasteiger partial charge is 0.317 e. The first-order valence-electron chi connectivity index (χ1n) is 8.44. The molecule has 5 unspecified atom stereocenters. The van der Waals surface area contributed by atoms with Gasteiger partial charge >= 0.3 is 6.03 Å². The van der Waals surface area contributed by atoms with Gasteiger partial charge in [-0.1, -0.05) is 6.42 Å². The molecule has 4 aliphatic rings. The van der Waals surface area contributed by atoms with Crippen LogP contribution < -0.4 is 10.6 Å². The van der Waals surface area contributed by atoms with Gasteiger partial charge in [-0.2, -0.15) is 0 Å². The van der Waals surface area contributed by atoms with Crippen molar-refractivity contribution in [2.24, 2.45) is 23.7 Å². The van der Waals surface area contributed by atoms with Crippen molar-refractivity contribution in [2.45, 2.75) is 51.1 Å². The van der Waals surface area contributed by atoms with E-state index in [-0.39, 0.29) is 18.0 Å². The minimum Gasteiger partial charge on any atom is -0.350 e. The lowest BCUT2D eigenvalue weighted by molar-refractivity contribution is -0.120. The van der Waals surface area contributed by atoms with E-state index in [4.69, 9.17) is 0 Å². The number of urea groups is 1. The molecule has 116 valence electrons. The van der Waals surface area contributed by atoms with Gasteiger partial charge in [0.05, 0.1) is 6.04 Å². The summed E-state index contributed by atoms with van der Waals surface area (Å²) in [7, 11) is 0. The third-order valence-electron chi connectivity index (χ3n) is 6.31. The largest absolute Gasteiger partial charge is 0.350 e. The number of nitrogens with one attached hydrogen (secondary N) is 2. The summed E-state index contributed by atoms with van der Waals surface area (Å²) < 4.78 is 0. The molecule has 5 heteroatoms. The van der Waals surface area contributed by atoms with Gasteiger partial charge in [0.25, 0.3) is 0 Å². The highest BCUT2D eigenvalue weighted by Crippen LogP contribution is 2.58. The Balaban J connectivity index is 1.28. The topological polar surface area (TPSA) is 61.4 Å². The summed E-state index contributed by atoms with van der Waals surface area (Å²) in [5, 5.41) is 6.13. The fraction of sp³-hybridized carbons (Fsp3) is 0.875. The van der Waals surface area contributed by atoms with Crippen LogP contribution in [-0.4, -0.2) is 42.0 Å². The number of hydrogen-bond acceptors (Lipinski definition) is 2. The molecule has 3 amide bonds. The van der Waals surface area contributed by atoms with E-state index >= 15 is 0 Å². The number of carbonyl (C=O) groups is 2.